The van der Waals surface area contributed by atoms with Gasteiger partial charge in [-0.1, -0.05) is 0 Å². The van der Waals surface area contributed by atoms with Crippen LogP contribution >= 0.6 is 0 Å². The van der Waals surface area contributed by atoms with Crippen molar-refractivity contribution in [2.24, 2.45) is 5.84 Å². The Morgan fingerprint density at radius 2 is 2.21 bits per heavy atom. The standard InChI is InChI=1S/C11H14N4O4/c1-6-8(10(17)13-12)3-7(19-6)4-15-9(16)5-14(2)11(15)18/h3H,4-5,12H2,1-2H3,(H,13,17). The summed E-state index contributed by atoms with van der Waals surface area (Å²) in [6.07, 6.45) is 0. The number of imide groups is 1. The minimum atomic E-state index is -0.483. The van der Waals surface area contributed by atoms with Gasteiger partial charge in [0.15, 0.2) is 0 Å². The fourth-order valence-electron chi connectivity index (χ4n) is 1.91. The van der Waals surface area contributed by atoms with Crippen molar-refractivity contribution in [2.75, 3.05) is 13.6 Å². The van der Waals surface area contributed by atoms with Gasteiger partial charge in [-0.2, -0.15) is 0 Å². The van der Waals surface area contributed by atoms with Gasteiger partial charge in [-0.15, -0.1) is 0 Å². The Balaban J connectivity index is 2.18. The first-order valence-corrected chi connectivity index (χ1v) is 5.59. The Bertz CT molecular complexity index is 551. The van der Waals surface area contributed by atoms with Crippen LogP contribution in [0.15, 0.2) is 10.5 Å². The van der Waals surface area contributed by atoms with Crippen molar-refractivity contribution < 1.29 is 18.8 Å². The molecule has 1 aliphatic heterocycles. The predicted molar refractivity (Wildman–Crippen MR) is 63.7 cm³/mol. The molecule has 0 aromatic carbocycles. The maximum absolute atomic E-state index is 11.7. The quantitative estimate of drug-likeness (QED) is 0.334. The van der Waals surface area contributed by atoms with Crippen molar-refractivity contribution in [2.45, 2.75) is 13.5 Å². The minimum Gasteiger partial charge on any atom is -0.464 e. The van der Waals surface area contributed by atoms with Gasteiger partial charge in [-0.25, -0.2) is 10.6 Å². The Kier molecular flexibility index (Phi) is 3.26. The number of urea groups is 1. The number of hydrogen-bond acceptors (Lipinski definition) is 5. The topological polar surface area (TPSA) is 109 Å². The average molecular weight is 266 g/mol. The van der Waals surface area contributed by atoms with Crippen molar-refractivity contribution in [1.82, 2.24) is 15.2 Å². The number of furan rings is 1. The Labute approximate surface area is 109 Å². The van der Waals surface area contributed by atoms with Crippen LogP contribution in [0.3, 0.4) is 0 Å². The lowest BCUT2D eigenvalue weighted by atomic mass is 10.2. The number of nitrogens with one attached hydrogen (secondary N) is 1. The number of hydrogen-bond donors (Lipinski definition) is 2. The SMILES string of the molecule is Cc1oc(CN2C(=O)CN(C)C2=O)cc1C(=O)NN. The Morgan fingerprint density at radius 1 is 1.53 bits per heavy atom. The lowest BCUT2D eigenvalue weighted by molar-refractivity contribution is -0.125. The van der Waals surface area contributed by atoms with Crippen LogP contribution in [0.4, 0.5) is 4.79 Å². The van der Waals surface area contributed by atoms with Crippen LogP contribution < -0.4 is 11.3 Å². The molecule has 8 heteroatoms. The van der Waals surface area contributed by atoms with Gasteiger partial charge in [0, 0.05) is 7.05 Å². The van der Waals surface area contributed by atoms with Gasteiger partial charge < -0.3 is 9.32 Å². The first-order valence-electron chi connectivity index (χ1n) is 5.59. The van der Waals surface area contributed by atoms with Gasteiger partial charge in [0.05, 0.1) is 12.1 Å². The molecule has 1 aromatic rings. The van der Waals surface area contributed by atoms with E-state index < -0.39 is 5.91 Å². The normalized spacial score (nSPS) is 15.3. The largest absolute Gasteiger partial charge is 0.464 e. The van der Waals surface area contributed by atoms with Crippen LogP contribution in [0.2, 0.25) is 0 Å². The van der Waals surface area contributed by atoms with Crippen LogP contribution in [-0.2, 0) is 11.3 Å². The molecule has 4 amide bonds. The lowest BCUT2D eigenvalue weighted by Gasteiger charge is -2.11. The van der Waals surface area contributed by atoms with Gasteiger partial charge in [-0.05, 0) is 13.0 Å². The van der Waals surface area contributed by atoms with E-state index in [0.29, 0.717) is 11.5 Å². The molecule has 1 saturated heterocycles. The van der Waals surface area contributed by atoms with Crippen molar-refractivity contribution in [1.29, 1.82) is 0 Å². The number of hydrazine groups is 1. The highest BCUT2D eigenvalue weighted by Crippen LogP contribution is 2.18. The van der Waals surface area contributed by atoms with E-state index in [0.717, 1.165) is 4.90 Å². The monoisotopic (exact) mass is 266 g/mol. The molecule has 2 heterocycles. The van der Waals surface area contributed by atoms with E-state index in [2.05, 4.69) is 0 Å². The summed E-state index contributed by atoms with van der Waals surface area (Å²) >= 11 is 0. The van der Waals surface area contributed by atoms with Crippen LogP contribution in [-0.4, -0.2) is 41.2 Å². The third-order valence-corrected chi connectivity index (χ3v) is 2.89. The van der Waals surface area contributed by atoms with Gasteiger partial charge in [-0.3, -0.25) is 19.9 Å². The number of aryl methyl sites for hydroxylation is 1. The summed E-state index contributed by atoms with van der Waals surface area (Å²) in [4.78, 5) is 37.1. The average Bonchev–Trinajstić information content (AvgIpc) is 2.84. The van der Waals surface area contributed by atoms with Crippen molar-refractivity contribution in [3.05, 3.63) is 23.2 Å². The molecular formula is C11H14N4O4. The maximum atomic E-state index is 11.7. The molecule has 19 heavy (non-hydrogen) atoms. The second-order valence-electron chi connectivity index (χ2n) is 4.27. The number of carbonyl (C=O) groups is 3. The van der Waals surface area contributed by atoms with E-state index in [1.807, 2.05) is 5.43 Å². The number of likely N-dealkylation sites (N-methyl/N-ethyl adjacent to an activating group) is 1. The summed E-state index contributed by atoms with van der Waals surface area (Å²) in [5.74, 6) is 4.99. The van der Waals surface area contributed by atoms with Crippen LogP contribution in [0.25, 0.3) is 0 Å². The molecule has 1 aromatic heterocycles. The van der Waals surface area contributed by atoms with E-state index >= 15 is 0 Å². The molecule has 2 rings (SSSR count). The van der Waals surface area contributed by atoms with Crippen molar-refractivity contribution in [3.8, 4) is 0 Å². The number of carbonyl (C=O) groups excluding carboxylic acids is 3. The molecule has 0 bridgehead atoms. The number of rotatable bonds is 3. The molecular weight excluding hydrogens is 252 g/mol. The molecule has 0 spiro atoms. The third-order valence-electron chi connectivity index (χ3n) is 2.89. The van der Waals surface area contributed by atoms with E-state index in [4.69, 9.17) is 10.3 Å². The zero-order chi connectivity index (χ0) is 14.2. The number of amides is 4. The summed E-state index contributed by atoms with van der Waals surface area (Å²) < 4.78 is 5.35. The predicted octanol–water partition coefficient (Wildman–Crippen LogP) is -0.414. The Morgan fingerprint density at radius 3 is 2.74 bits per heavy atom. The minimum absolute atomic E-state index is 0.000693. The van der Waals surface area contributed by atoms with E-state index in [1.165, 1.54) is 11.0 Å². The summed E-state index contributed by atoms with van der Waals surface area (Å²) in [6.45, 7) is 1.66. The zero-order valence-corrected chi connectivity index (χ0v) is 10.6. The molecule has 8 nitrogen and oxygen atoms in total. The summed E-state index contributed by atoms with van der Waals surface area (Å²) in [7, 11) is 1.54. The fraction of sp³-hybridized carbons (Fsp3) is 0.364. The number of nitrogens with zero attached hydrogens (tertiary/aromatic N) is 2. The van der Waals surface area contributed by atoms with Crippen molar-refractivity contribution >= 4 is 17.8 Å². The highest BCUT2D eigenvalue weighted by molar-refractivity contribution is 6.01. The van der Waals surface area contributed by atoms with E-state index in [1.54, 1.807) is 14.0 Å². The maximum Gasteiger partial charge on any atom is 0.327 e. The number of nitrogen functional groups attached to an aromatic ring is 1. The molecule has 102 valence electrons. The fourth-order valence-corrected chi connectivity index (χ4v) is 1.91. The Hall–Kier alpha value is -2.35. The second kappa shape index (κ2) is 4.73. The van der Waals surface area contributed by atoms with Gasteiger partial charge >= 0.3 is 6.03 Å². The van der Waals surface area contributed by atoms with Gasteiger partial charge in [0.25, 0.3) is 11.8 Å². The lowest BCUT2D eigenvalue weighted by Crippen LogP contribution is -2.31. The third kappa shape index (κ3) is 2.29. The molecule has 0 radical (unpaired) electrons. The molecule has 0 aliphatic carbocycles. The van der Waals surface area contributed by atoms with Gasteiger partial charge in [0.1, 0.15) is 18.1 Å². The number of nitrogens with two attached hydrogens (primary N) is 1. The molecule has 0 saturated carbocycles. The molecule has 0 atom stereocenters. The highest BCUT2D eigenvalue weighted by Gasteiger charge is 2.34. The molecule has 3 N–H and O–H groups in total. The van der Waals surface area contributed by atoms with Crippen LogP contribution in [0, 0.1) is 6.92 Å². The molecule has 1 fully saturated rings. The summed E-state index contributed by atoms with van der Waals surface area (Å²) in [5, 5.41) is 0. The first kappa shape index (κ1) is 13.1. The van der Waals surface area contributed by atoms with Crippen molar-refractivity contribution in [3.63, 3.8) is 0 Å². The smallest absolute Gasteiger partial charge is 0.327 e. The first-order chi connectivity index (χ1) is 8.93. The molecule has 0 unspecified atom stereocenters. The van der Waals surface area contributed by atoms with Gasteiger partial charge in [0.2, 0.25) is 0 Å². The zero-order valence-electron chi connectivity index (χ0n) is 10.6. The van der Waals surface area contributed by atoms with E-state index in [9.17, 15) is 14.4 Å². The summed E-state index contributed by atoms with van der Waals surface area (Å²) in [6, 6.07) is 1.08. The highest BCUT2D eigenvalue weighted by atomic mass is 16.3. The van der Waals surface area contributed by atoms with Crippen LogP contribution in [0.1, 0.15) is 21.9 Å². The van der Waals surface area contributed by atoms with Crippen LogP contribution in [0.5, 0.6) is 0 Å². The molecule has 1 aliphatic rings. The second-order valence-corrected chi connectivity index (χ2v) is 4.27. The summed E-state index contributed by atoms with van der Waals surface area (Å²) in [5.41, 5.74) is 2.28. The van der Waals surface area contributed by atoms with E-state index in [-0.39, 0.29) is 30.6 Å².